The summed E-state index contributed by atoms with van der Waals surface area (Å²) < 4.78 is 5.04. The van der Waals surface area contributed by atoms with Crippen molar-refractivity contribution in [2.24, 2.45) is 0 Å². The summed E-state index contributed by atoms with van der Waals surface area (Å²) in [6.45, 7) is 0.461. The number of anilines is 1. The van der Waals surface area contributed by atoms with Gasteiger partial charge in [-0.2, -0.15) is 0 Å². The number of ether oxygens (including phenoxy) is 1. The van der Waals surface area contributed by atoms with Gasteiger partial charge in [0.05, 0.1) is 12.8 Å². The Balaban J connectivity index is 1.71. The van der Waals surface area contributed by atoms with E-state index in [2.05, 4.69) is 10.6 Å². The van der Waals surface area contributed by atoms with Crippen LogP contribution in [-0.4, -0.2) is 31.5 Å². The molecular formula is C15H21N3O3. The predicted octanol–water partition coefficient (Wildman–Crippen LogP) is 1.07. The molecular weight excluding hydrogens is 270 g/mol. The minimum absolute atomic E-state index is 0.0560. The van der Waals surface area contributed by atoms with Gasteiger partial charge >= 0.3 is 0 Å². The molecule has 4 N–H and O–H groups in total. The fraction of sp³-hybridized carbons (Fsp3) is 0.467. The number of rotatable bonds is 7. The lowest BCUT2D eigenvalue weighted by atomic mass is 10.1. The molecule has 2 amide bonds. The molecule has 1 aliphatic carbocycles. The summed E-state index contributed by atoms with van der Waals surface area (Å²) in [7, 11) is 1.53. The van der Waals surface area contributed by atoms with Crippen LogP contribution in [0, 0.1) is 0 Å². The van der Waals surface area contributed by atoms with Crippen molar-refractivity contribution in [1.82, 2.24) is 10.6 Å². The monoisotopic (exact) mass is 291 g/mol. The van der Waals surface area contributed by atoms with Gasteiger partial charge in [0, 0.05) is 24.6 Å². The van der Waals surface area contributed by atoms with Crippen LogP contribution in [0.15, 0.2) is 18.2 Å². The normalized spacial score (nSPS) is 13.6. The zero-order chi connectivity index (χ0) is 15.2. The summed E-state index contributed by atoms with van der Waals surface area (Å²) in [5, 5.41) is 5.68. The smallest absolute Gasteiger partial charge is 0.251 e. The first-order chi connectivity index (χ1) is 10.1. The van der Waals surface area contributed by atoms with Crippen LogP contribution >= 0.6 is 0 Å². The average Bonchev–Trinajstić information content (AvgIpc) is 3.27. The Morgan fingerprint density at radius 3 is 2.76 bits per heavy atom. The van der Waals surface area contributed by atoms with Crippen molar-refractivity contribution in [1.29, 1.82) is 0 Å². The minimum atomic E-state index is -0.202. The first-order valence-electron chi connectivity index (χ1n) is 7.11. The average molecular weight is 291 g/mol. The predicted molar refractivity (Wildman–Crippen MR) is 80.1 cm³/mol. The van der Waals surface area contributed by atoms with Crippen molar-refractivity contribution in [2.45, 2.75) is 31.7 Å². The SMILES string of the molecule is COc1ccc(C(=O)NCCCC(=O)NC2CC2)cc1N. The molecule has 1 aromatic rings. The lowest BCUT2D eigenvalue weighted by Crippen LogP contribution is -2.28. The number of carbonyl (C=O) groups excluding carboxylic acids is 2. The molecule has 6 heteroatoms. The number of nitrogens with one attached hydrogen (secondary N) is 2. The van der Waals surface area contributed by atoms with Gasteiger partial charge in [-0.15, -0.1) is 0 Å². The van der Waals surface area contributed by atoms with Gasteiger partial charge in [-0.25, -0.2) is 0 Å². The summed E-state index contributed by atoms with van der Waals surface area (Å²) in [5.41, 5.74) is 6.67. The molecule has 0 aliphatic heterocycles. The maximum Gasteiger partial charge on any atom is 0.251 e. The molecule has 0 unspecified atom stereocenters. The van der Waals surface area contributed by atoms with Gasteiger partial charge in [0.2, 0.25) is 5.91 Å². The third-order valence-corrected chi connectivity index (χ3v) is 3.30. The summed E-state index contributed by atoms with van der Waals surface area (Å²) in [5.74, 6) is 0.399. The number of amides is 2. The Bertz CT molecular complexity index is 527. The topological polar surface area (TPSA) is 93.4 Å². The molecule has 0 heterocycles. The van der Waals surface area contributed by atoms with Crippen LogP contribution < -0.4 is 21.1 Å². The van der Waals surface area contributed by atoms with Crippen LogP contribution in [0.4, 0.5) is 5.69 Å². The second kappa shape index (κ2) is 6.97. The summed E-state index contributed by atoms with van der Waals surface area (Å²) in [4.78, 5) is 23.4. The number of benzene rings is 1. The number of methoxy groups -OCH3 is 1. The summed E-state index contributed by atoms with van der Waals surface area (Å²) >= 11 is 0. The van der Waals surface area contributed by atoms with Crippen molar-refractivity contribution in [3.63, 3.8) is 0 Å². The van der Waals surface area contributed by atoms with Crippen LogP contribution in [0.5, 0.6) is 5.75 Å². The van der Waals surface area contributed by atoms with E-state index in [9.17, 15) is 9.59 Å². The van der Waals surface area contributed by atoms with Crippen LogP contribution in [0.2, 0.25) is 0 Å². The van der Waals surface area contributed by atoms with Gasteiger partial charge in [-0.05, 0) is 37.5 Å². The highest BCUT2D eigenvalue weighted by Gasteiger charge is 2.22. The fourth-order valence-electron chi connectivity index (χ4n) is 1.96. The maximum atomic E-state index is 11.9. The highest BCUT2D eigenvalue weighted by molar-refractivity contribution is 5.95. The fourth-order valence-corrected chi connectivity index (χ4v) is 1.96. The first kappa shape index (κ1) is 15.2. The largest absolute Gasteiger partial charge is 0.495 e. The second-order valence-corrected chi connectivity index (χ2v) is 5.16. The van der Waals surface area contributed by atoms with E-state index < -0.39 is 0 Å². The molecule has 0 atom stereocenters. The van der Waals surface area contributed by atoms with Gasteiger partial charge in [0.25, 0.3) is 5.91 Å². The Kier molecular flexibility index (Phi) is 5.03. The van der Waals surface area contributed by atoms with Gasteiger partial charge in [0.15, 0.2) is 0 Å². The van der Waals surface area contributed by atoms with E-state index in [-0.39, 0.29) is 11.8 Å². The number of nitrogen functional groups attached to an aromatic ring is 1. The van der Waals surface area contributed by atoms with E-state index >= 15 is 0 Å². The molecule has 0 aromatic heterocycles. The first-order valence-corrected chi connectivity index (χ1v) is 7.11. The van der Waals surface area contributed by atoms with Crippen LogP contribution in [-0.2, 0) is 4.79 Å². The van der Waals surface area contributed by atoms with Crippen molar-refractivity contribution in [3.8, 4) is 5.75 Å². The van der Waals surface area contributed by atoms with Crippen LogP contribution in [0.25, 0.3) is 0 Å². The molecule has 0 saturated heterocycles. The van der Waals surface area contributed by atoms with Gasteiger partial charge < -0.3 is 21.1 Å². The molecule has 2 rings (SSSR count). The van der Waals surface area contributed by atoms with Crippen molar-refractivity contribution < 1.29 is 14.3 Å². The number of hydrogen-bond donors (Lipinski definition) is 3. The molecule has 114 valence electrons. The molecule has 1 aliphatic rings. The Morgan fingerprint density at radius 1 is 1.38 bits per heavy atom. The third-order valence-electron chi connectivity index (χ3n) is 3.30. The Morgan fingerprint density at radius 2 is 2.14 bits per heavy atom. The van der Waals surface area contributed by atoms with Crippen molar-refractivity contribution >= 4 is 17.5 Å². The third kappa shape index (κ3) is 4.66. The van der Waals surface area contributed by atoms with Gasteiger partial charge in [-0.1, -0.05) is 0 Å². The molecule has 1 fully saturated rings. The van der Waals surface area contributed by atoms with Gasteiger partial charge in [0.1, 0.15) is 5.75 Å². The lowest BCUT2D eigenvalue weighted by Gasteiger charge is -2.08. The summed E-state index contributed by atoms with van der Waals surface area (Å²) in [6.07, 6.45) is 3.22. The van der Waals surface area contributed by atoms with E-state index in [1.165, 1.54) is 7.11 Å². The van der Waals surface area contributed by atoms with E-state index in [0.717, 1.165) is 12.8 Å². The zero-order valence-corrected chi connectivity index (χ0v) is 12.1. The van der Waals surface area contributed by atoms with E-state index in [1.54, 1.807) is 18.2 Å². The van der Waals surface area contributed by atoms with E-state index in [1.807, 2.05) is 0 Å². The zero-order valence-electron chi connectivity index (χ0n) is 12.1. The van der Waals surface area contributed by atoms with Gasteiger partial charge in [-0.3, -0.25) is 9.59 Å². The molecule has 1 aromatic carbocycles. The highest BCUT2D eigenvalue weighted by Crippen LogP contribution is 2.21. The van der Waals surface area contributed by atoms with Crippen molar-refractivity contribution in [3.05, 3.63) is 23.8 Å². The number of carbonyl (C=O) groups is 2. The minimum Gasteiger partial charge on any atom is -0.495 e. The molecule has 0 bridgehead atoms. The maximum absolute atomic E-state index is 11.9. The van der Waals surface area contributed by atoms with E-state index in [4.69, 9.17) is 10.5 Å². The Labute approximate surface area is 124 Å². The number of nitrogens with two attached hydrogens (primary N) is 1. The van der Waals surface area contributed by atoms with Crippen LogP contribution in [0.3, 0.4) is 0 Å². The number of hydrogen-bond acceptors (Lipinski definition) is 4. The molecule has 6 nitrogen and oxygen atoms in total. The lowest BCUT2D eigenvalue weighted by molar-refractivity contribution is -0.121. The van der Waals surface area contributed by atoms with Crippen LogP contribution in [0.1, 0.15) is 36.0 Å². The molecule has 21 heavy (non-hydrogen) atoms. The highest BCUT2D eigenvalue weighted by atomic mass is 16.5. The second-order valence-electron chi connectivity index (χ2n) is 5.16. The Hall–Kier alpha value is -2.24. The van der Waals surface area contributed by atoms with E-state index in [0.29, 0.717) is 42.4 Å². The molecule has 1 saturated carbocycles. The molecule has 0 radical (unpaired) electrons. The summed E-state index contributed by atoms with van der Waals surface area (Å²) in [6, 6.07) is 5.28. The quantitative estimate of drug-likeness (QED) is 0.517. The molecule has 0 spiro atoms. The van der Waals surface area contributed by atoms with Crippen molar-refractivity contribution in [2.75, 3.05) is 19.4 Å². The standard InChI is InChI=1S/C15H21N3O3/c1-21-13-7-4-10(9-12(13)16)15(20)17-8-2-3-14(19)18-11-5-6-11/h4,7,9,11H,2-3,5-6,8,16H2,1H3,(H,17,20)(H,18,19).